The fourth-order valence-electron chi connectivity index (χ4n) is 1.79. The molecular formula is C17H18N2. The van der Waals surface area contributed by atoms with E-state index in [2.05, 4.69) is 40.5 Å². The molecule has 1 aromatic carbocycles. The molecule has 0 amide bonds. The van der Waals surface area contributed by atoms with E-state index in [1.165, 1.54) is 0 Å². The Morgan fingerprint density at radius 3 is 2.74 bits per heavy atom. The molecule has 0 spiro atoms. The van der Waals surface area contributed by atoms with E-state index in [1.54, 1.807) is 0 Å². The van der Waals surface area contributed by atoms with Gasteiger partial charge in [0.15, 0.2) is 0 Å². The van der Waals surface area contributed by atoms with Gasteiger partial charge in [-0.3, -0.25) is 4.99 Å². The van der Waals surface area contributed by atoms with Gasteiger partial charge in [0.25, 0.3) is 0 Å². The van der Waals surface area contributed by atoms with Gasteiger partial charge < -0.3 is 4.57 Å². The van der Waals surface area contributed by atoms with Crippen molar-refractivity contribution in [1.82, 2.24) is 4.57 Å². The van der Waals surface area contributed by atoms with E-state index >= 15 is 0 Å². The van der Waals surface area contributed by atoms with Crippen molar-refractivity contribution in [3.8, 4) is 0 Å². The molecule has 2 heteroatoms. The summed E-state index contributed by atoms with van der Waals surface area (Å²) in [6.07, 6.45) is 10.6. The number of rotatable bonds is 6. The molecule has 1 aromatic heterocycles. The third kappa shape index (κ3) is 4.11. The number of allylic oxidation sites excluding steroid dienone is 1. The minimum absolute atomic E-state index is 0.945. The number of nitrogens with zero attached hydrogens (tertiary/aromatic N) is 2. The van der Waals surface area contributed by atoms with Gasteiger partial charge in [-0.05, 0) is 30.2 Å². The Morgan fingerprint density at radius 1 is 1.11 bits per heavy atom. The molecule has 0 aliphatic rings. The lowest BCUT2D eigenvalue weighted by molar-refractivity contribution is 0.711. The zero-order chi connectivity index (χ0) is 13.3. The molecule has 0 saturated carbocycles. The van der Waals surface area contributed by atoms with Gasteiger partial charge in [0.1, 0.15) is 0 Å². The average Bonchev–Trinajstić information content (AvgIpc) is 2.90. The zero-order valence-electron chi connectivity index (χ0n) is 10.9. The zero-order valence-corrected chi connectivity index (χ0v) is 10.9. The lowest BCUT2D eigenvalue weighted by Crippen LogP contribution is -1.99. The van der Waals surface area contributed by atoms with E-state index in [1.807, 2.05) is 48.8 Å². The van der Waals surface area contributed by atoms with Gasteiger partial charge in [0, 0.05) is 18.9 Å². The molecule has 0 aliphatic carbocycles. The van der Waals surface area contributed by atoms with Crippen LogP contribution < -0.4 is 0 Å². The molecule has 0 saturated heterocycles. The van der Waals surface area contributed by atoms with Gasteiger partial charge in [-0.25, -0.2) is 0 Å². The van der Waals surface area contributed by atoms with Crippen LogP contribution in [0.3, 0.4) is 0 Å². The normalized spacial score (nSPS) is 11.4. The summed E-state index contributed by atoms with van der Waals surface area (Å²) in [6.45, 7) is 4.69. The first-order valence-corrected chi connectivity index (χ1v) is 6.41. The smallest absolute Gasteiger partial charge is 0.0592 e. The topological polar surface area (TPSA) is 17.3 Å². The van der Waals surface area contributed by atoms with Crippen LogP contribution in [0.2, 0.25) is 0 Å². The quantitative estimate of drug-likeness (QED) is 0.541. The molecule has 2 nitrogen and oxygen atoms in total. The minimum Gasteiger partial charge on any atom is -0.346 e. The highest BCUT2D eigenvalue weighted by molar-refractivity contribution is 5.78. The van der Waals surface area contributed by atoms with Crippen molar-refractivity contribution < 1.29 is 0 Å². The Kier molecular flexibility index (Phi) is 4.94. The fraction of sp³-hybridized carbons (Fsp3) is 0.118. The van der Waals surface area contributed by atoms with E-state index in [9.17, 15) is 0 Å². The van der Waals surface area contributed by atoms with Crippen molar-refractivity contribution >= 4 is 12.3 Å². The number of benzene rings is 1. The maximum absolute atomic E-state index is 4.33. The monoisotopic (exact) mass is 250 g/mol. The number of aliphatic imine (C=N–C) groups is 1. The molecule has 0 N–H and O–H groups in total. The predicted molar refractivity (Wildman–Crippen MR) is 82.3 cm³/mol. The van der Waals surface area contributed by atoms with Gasteiger partial charge in [0.05, 0.1) is 11.9 Å². The Morgan fingerprint density at radius 2 is 1.95 bits per heavy atom. The number of aromatic nitrogens is 1. The Hall–Kier alpha value is -2.35. The first kappa shape index (κ1) is 13.1. The first-order chi connectivity index (χ1) is 9.40. The minimum atomic E-state index is 0.945. The van der Waals surface area contributed by atoms with Crippen molar-refractivity contribution in [3.05, 3.63) is 78.8 Å². The summed E-state index contributed by atoms with van der Waals surface area (Å²) in [5.74, 6) is 0. The number of hydrogen-bond donors (Lipinski definition) is 0. The Balaban J connectivity index is 1.97. The fourth-order valence-corrected chi connectivity index (χ4v) is 1.79. The second-order valence-corrected chi connectivity index (χ2v) is 4.21. The highest BCUT2D eigenvalue weighted by atomic mass is 15.0. The van der Waals surface area contributed by atoms with Crippen LogP contribution in [0.1, 0.15) is 17.7 Å². The molecule has 2 aromatic rings. The number of hydrogen-bond acceptors (Lipinski definition) is 1. The Bertz CT molecular complexity index is 562. The third-order valence-corrected chi connectivity index (χ3v) is 2.80. The Labute approximate surface area is 114 Å². The second-order valence-electron chi connectivity index (χ2n) is 4.21. The molecule has 96 valence electrons. The van der Waals surface area contributed by atoms with Crippen LogP contribution in [0.25, 0.3) is 6.08 Å². The molecule has 0 atom stereocenters. The summed E-state index contributed by atoms with van der Waals surface area (Å²) in [5.41, 5.74) is 2.27. The van der Waals surface area contributed by atoms with Gasteiger partial charge in [0.2, 0.25) is 0 Å². The summed E-state index contributed by atoms with van der Waals surface area (Å²) < 4.78 is 2.17. The highest BCUT2D eigenvalue weighted by Crippen LogP contribution is 2.03. The predicted octanol–water partition coefficient (Wildman–Crippen LogP) is 4.15. The number of aryl methyl sites for hydroxylation is 1. The lowest BCUT2D eigenvalue weighted by atomic mass is 10.2. The van der Waals surface area contributed by atoms with Crippen LogP contribution in [0.4, 0.5) is 0 Å². The van der Waals surface area contributed by atoms with Crippen LogP contribution in [0.5, 0.6) is 0 Å². The van der Waals surface area contributed by atoms with Crippen LogP contribution >= 0.6 is 0 Å². The van der Waals surface area contributed by atoms with Crippen LogP contribution in [-0.4, -0.2) is 10.8 Å². The summed E-state index contributed by atoms with van der Waals surface area (Å²) in [7, 11) is 0. The molecule has 2 rings (SSSR count). The van der Waals surface area contributed by atoms with E-state index in [-0.39, 0.29) is 0 Å². The van der Waals surface area contributed by atoms with Gasteiger partial charge in [-0.15, -0.1) is 6.58 Å². The third-order valence-electron chi connectivity index (χ3n) is 2.80. The van der Waals surface area contributed by atoms with Crippen molar-refractivity contribution in [1.29, 1.82) is 0 Å². The van der Waals surface area contributed by atoms with Gasteiger partial charge in [-0.2, -0.15) is 0 Å². The highest BCUT2D eigenvalue weighted by Gasteiger charge is 1.95. The molecule has 0 unspecified atom stereocenters. The van der Waals surface area contributed by atoms with Crippen LogP contribution in [0, 0.1) is 0 Å². The van der Waals surface area contributed by atoms with Crippen LogP contribution in [-0.2, 0) is 6.54 Å². The average molecular weight is 250 g/mol. The molecule has 0 aliphatic heterocycles. The molecule has 0 radical (unpaired) electrons. The molecule has 1 heterocycles. The molecule has 19 heavy (non-hydrogen) atoms. The van der Waals surface area contributed by atoms with E-state index in [0.717, 1.165) is 24.2 Å². The second kappa shape index (κ2) is 7.17. The lowest BCUT2D eigenvalue weighted by Gasteiger charge is -2.02. The van der Waals surface area contributed by atoms with Crippen molar-refractivity contribution in [2.75, 3.05) is 0 Å². The standard InChI is InChI=1S/C17H18N2/c1-2-3-13-19-14-7-10-17(19)15-18-12-11-16-8-5-4-6-9-16/h2,4-12,14-15H,1,3,13H2/b12-11-,18-15?. The molecule has 0 fully saturated rings. The maximum Gasteiger partial charge on any atom is 0.0592 e. The first-order valence-electron chi connectivity index (χ1n) is 6.41. The summed E-state index contributed by atoms with van der Waals surface area (Å²) in [4.78, 5) is 4.33. The molecule has 0 bridgehead atoms. The van der Waals surface area contributed by atoms with E-state index in [4.69, 9.17) is 0 Å². The van der Waals surface area contributed by atoms with Crippen molar-refractivity contribution in [2.45, 2.75) is 13.0 Å². The summed E-state index contributed by atoms with van der Waals surface area (Å²) in [5, 5.41) is 0. The van der Waals surface area contributed by atoms with Gasteiger partial charge in [-0.1, -0.05) is 36.4 Å². The SMILES string of the molecule is C=CCCn1cccc1C=N/C=C\c1ccccc1. The molecular weight excluding hydrogens is 232 g/mol. The maximum atomic E-state index is 4.33. The van der Waals surface area contributed by atoms with Crippen molar-refractivity contribution in [3.63, 3.8) is 0 Å². The largest absolute Gasteiger partial charge is 0.346 e. The van der Waals surface area contributed by atoms with Gasteiger partial charge >= 0.3 is 0 Å². The van der Waals surface area contributed by atoms with E-state index in [0.29, 0.717) is 0 Å². The summed E-state index contributed by atoms with van der Waals surface area (Å²) >= 11 is 0. The van der Waals surface area contributed by atoms with E-state index < -0.39 is 0 Å². The van der Waals surface area contributed by atoms with Crippen molar-refractivity contribution in [2.24, 2.45) is 4.99 Å². The summed E-state index contributed by atoms with van der Waals surface area (Å²) in [6, 6.07) is 14.2. The van der Waals surface area contributed by atoms with Crippen LogP contribution in [0.15, 0.2) is 72.5 Å².